The van der Waals surface area contributed by atoms with Gasteiger partial charge in [-0.25, -0.2) is 9.98 Å². The van der Waals surface area contributed by atoms with Crippen molar-refractivity contribution >= 4 is 48.8 Å². The van der Waals surface area contributed by atoms with Crippen molar-refractivity contribution in [3.05, 3.63) is 46.6 Å². The van der Waals surface area contributed by atoms with E-state index in [0.29, 0.717) is 28.8 Å². The minimum atomic E-state index is -1.86. The maximum atomic E-state index is 14.1. The van der Waals surface area contributed by atoms with Gasteiger partial charge in [-0.3, -0.25) is 4.79 Å². The number of Topliss-reactive ketones (excluding diaryl/α,β-unsaturated/α-hetero) is 1. The molecule has 0 aliphatic carbocycles. The highest BCUT2D eigenvalue weighted by atomic mass is 35.5. The van der Waals surface area contributed by atoms with E-state index in [-0.39, 0.29) is 22.9 Å². The molecule has 4 aliphatic heterocycles. The number of hydrogen-bond acceptors (Lipinski definition) is 8. The molecule has 0 bridgehead atoms. The highest BCUT2D eigenvalue weighted by Gasteiger charge is 2.60. The van der Waals surface area contributed by atoms with Crippen molar-refractivity contribution in [2.24, 2.45) is 15.9 Å². The molecule has 0 N–H and O–H groups in total. The lowest BCUT2D eigenvalue weighted by atomic mass is 9.94. The van der Waals surface area contributed by atoms with Crippen LogP contribution < -0.4 is 0 Å². The fourth-order valence-corrected chi connectivity index (χ4v) is 6.92. The van der Waals surface area contributed by atoms with Crippen LogP contribution in [-0.4, -0.2) is 73.6 Å². The number of carbonyl (C=O) groups is 1. The Kier molecular flexibility index (Phi) is 8.15. The third kappa shape index (κ3) is 5.71. The molecule has 4 aliphatic rings. The van der Waals surface area contributed by atoms with Crippen molar-refractivity contribution in [3.63, 3.8) is 0 Å². The second kappa shape index (κ2) is 10.9. The van der Waals surface area contributed by atoms with E-state index in [0.717, 1.165) is 12.0 Å². The van der Waals surface area contributed by atoms with E-state index in [9.17, 15) is 4.79 Å². The van der Waals surface area contributed by atoms with Gasteiger partial charge in [0.1, 0.15) is 29.9 Å². The van der Waals surface area contributed by atoms with E-state index >= 15 is 0 Å². The molecule has 0 aromatic heterocycles. The molecule has 1 aromatic rings. The highest BCUT2D eigenvalue weighted by Crippen LogP contribution is 2.44. The Morgan fingerprint density at radius 1 is 1.18 bits per heavy atom. The number of hydrogen-bond donors (Lipinski definition) is 0. The number of rotatable bonds is 8. The van der Waals surface area contributed by atoms with Crippen molar-refractivity contribution < 1.29 is 23.4 Å². The summed E-state index contributed by atoms with van der Waals surface area (Å²) in [7, 11) is -1.86. The van der Waals surface area contributed by atoms with Gasteiger partial charge in [0.25, 0.3) is 0 Å². The molecule has 0 amide bonds. The number of benzene rings is 1. The Morgan fingerprint density at radius 2 is 1.90 bits per heavy atom. The monoisotopic (exact) mass is 607 g/mol. The predicted molar refractivity (Wildman–Crippen MR) is 160 cm³/mol. The summed E-state index contributed by atoms with van der Waals surface area (Å²) in [6.45, 7) is 15.5. The highest BCUT2D eigenvalue weighted by molar-refractivity contribution is 6.74. The number of fused-ring (bicyclic) bond motifs is 2. The first-order chi connectivity index (χ1) is 18.7. The van der Waals surface area contributed by atoms with Crippen LogP contribution in [0, 0.1) is 5.92 Å². The number of aryl methyl sites for hydroxylation is 1. The van der Waals surface area contributed by atoms with Gasteiger partial charge in [0, 0.05) is 23.4 Å². The molecule has 2 saturated heterocycles. The summed E-state index contributed by atoms with van der Waals surface area (Å²) < 4.78 is 25.4. The van der Waals surface area contributed by atoms with E-state index in [1.807, 2.05) is 37.1 Å². The van der Waals surface area contributed by atoms with Crippen LogP contribution in [0.5, 0.6) is 0 Å². The van der Waals surface area contributed by atoms with Crippen molar-refractivity contribution in [3.8, 4) is 0 Å². The normalized spacial score (nSPS) is 30.9. The summed E-state index contributed by atoms with van der Waals surface area (Å²) in [4.78, 5) is 24.7. The first-order valence-corrected chi connectivity index (χ1v) is 17.5. The number of aliphatic imine (C=N–C) groups is 2. The molecule has 40 heavy (non-hydrogen) atoms. The molecular weight excluding hydrogens is 569 g/mol. The number of ketones is 1. The van der Waals surface area contributed by atoms with E-state index in [1.54, 1.807) is 12.1 Å². The molecule has 0 radical (unpaired) electrons. The molecule has 4 heterocycles. The second-order valence-electron chi connectivity index (χ2n) is 12.8. The van der Waals surface area contributed by atoms with Gasteiger partial charge in [-0.2, -0.15) is 0 Å². The molecule has 11 heteroatoms. The van der Waals surface area contributed by atoms with Gasteiger partial charge < -0.3 is 23.5 Å². The fraction of sp³-hybridized carbons (Fsp3) is 0.621. The maximum absolute atomic E-state index is 14.1. The first kappa shape index (κ1) is 29.9. The molecule has 1 aromatic carbocycles. The Balaban J connectivity index is 1.34. The van der Waals surface area contributed by atoms with Crippen LogP contribution in [0.1, 0.15) is 57.0 Å². The first-order valence-electron chi connectivity index (χ1n) is 13.9. The second-order valence-corrected chi connectivity index (χ2v) is 18.5. The van der Waals surface area contributed by atoms with Crippen LogP contribution in [0.3, 0.4) is 0 Å². The Bertz CT molecular complexity index is 1240. The zero-order chi connectivity index (χ0) is 29.0. The van der Waals surface area contributed by atoms with Crippen LogP contribution in [0.4, 0.5) is 0 Å². The largest absolute Gasteiger partial charge is 0.417 e. The zero-order valence-corrected chi connectivity index (χ0v) is 26.7. The zero-order valence-electron chi connectivity index (χ0n) is 24.2. The van der Waals surface area contributed by atoms with Gasteiger partial charge in [-0.1, -0.05) is 50.0 Å². The summed E-state index contributed by atoms with van der Waals surface area (Å²) in [6, 6.07) is 5.40. The van der Waals surface area contributed by atoms with Gasteiger partial charge in [-0.05, 0) is 68.6 Å². The average molecular weight is 609 g/mol. The summed E-state index contributed by atoms with van der Waals surface area (Å²) in [5.74, 6) is -1.19. The summed E-state index contributed by atoms with van der Waals surface area (Å²) in [6.07, 6.45) is 3.92. The number of ether oxygens (including phenoxy) is 3. The van der Waals surface area contributed by atoms with E-state index in [2.05, 4.69) is 43.9 Å². The van der Waals surface area contributed by atoms with Crippen LogP contribution in [0.15, 0.2) is 40.5 Å². The van der Waals surface area contributed by atoms with Crippen molar-refractivity contribution in [1.29, 1.82) is 0 Å². The van der Waals surface area contributed by atoms with E-state index in [4.69, 9.17) is 41.8 Å². The van der Waals surface area contributed by atoms with Gasteiger partial charge in [-0.15, -0.1) is 0 Å². The Labute approximate surface area is 247 Å². The van der Waals surface area contributed by atoms with Crippen LogP contribution in [0.2, 0.25) is 23.2 Å². The Morgan fingerprint density at radius 3 is 2.62 bits per heavy atom. The molecule has 0 spiro atoms. The van der Waals surface area contributed by atoms with E-state index < -0.39 is 38.6 Å². The van der Waals surface area contributed by atoms with Gasteiger partial charge >= 0.3 is 0 Å². The van der Waals surface area contributed by atoms with Crippen LogP contribution in [-0.2, 0) is 25.1 Å². The lowest BCUT2D eigenvalue weighted by molar-refractivity contribution is -0.198. The van der Waals surface area contributed by atoms with Crippen LogP contribution >= 0.6 is 23.2 Å². The summed E-state index contributed by atoms with van der Waals surface area (Å²) in [5, 5.41) is 1.19. The van der Waals surface area contributed by atoms with Gasteiger partial charge in [0.2, 0.25) is 0 Å². The maximum Gasteiger partial charge on any atom is 0.194 e. The van der Waals surface area contributed by atoms with Crippen molar-refractivity contribution in [2.75, 3.05) is 6.61 Å². The summed E-state index contributed by atoms with van der Waals surface area (Å²) >= 11 is 12.7. The lowest BCUT2D eigenvalue weighted by Gasteiger charge is -2.36. The third-order valence-corrected chi connectivity index (χ3v) is 13.7. The van der Waals surface area contributed by atoms with Crippen molar-refractivity contribution in [2.45, 2.75) is 102 Å². The number of halogens is 2. The SMILES string of the molecule is CC1(C)O[C@@H]2[C@H](O1)[C@@H](C(=O)c1ccc(Cl)cc1CCCO[Si](C)(C)C(C)(C)C)O[C@H]2N1C=CC2C(Cl)=NC=NC21. The quantitative estimate of drug-likeness (QED) is 0.199. The Hall–Kier alpha value is -1.59. The topological polar surface area (TPSA) is 82.0 Å². The van der Waals surface area contributed by atoms with E-state index in [1.165, 1.54) is 6.34 Å². The molecule has 2 fully saturated rings. The molecule has 6 atom stereocenters. The van der Waals surface area contributed by atoms with Gasteiger partial charge in [0.15, 0.2) is 32.2 Å². The minimum Gasteiger partial charge on any atom is -0.417 e. The molecular formula is C29H39Cl2N3O5Si. The average Bonchev–Trinajstić information content (AvgIpc) is 3.52. The predicted octanol–water partition coefficient (Wildman–Crippen LogP) is 6.17. The molecule has 0 saturated carbocycles. The fourth-order valence-electron chi connectivity index (χ4n) is 5.41. The molecule has 8 nitrogen and oxygen atoms in total. The lowest BCUT2D eigenvalue weighted by Crippen LogP contribution is -2.47. The standard InChI is InChI=1S/C29H39Cl2N3O5Si/c1-28(2,3)40(6,7)36-14-8-9-17-15-18(30)10-11-19(17)21(35)22-23-24(39-29(4,5)38-23)27(37-22)34-13-12-20-25(31)32-16-33-26(20)34/h10-13,15-16,20,22-24,26-27H,8-9,14H2,1-7H3/t20?,22-,23-,24-,26?,27-/m1/s1. The van der Waals surface area contributed by atoms with Crippen LogP contribution in [0.25, 0.3) is 0 Å². The smallest absolute Gasteiger partial charge is 0.194 e. The molecule has 218 valence electrons. The molecule has 5 rings (SSSR count). The number of carbonyl (C=O) groups excluding carboxylic acids is 1. The van der Waals surface area contributed by atoms with Gasteiger partial charge in [0.05, 0.1) is 5.92 Å². The van der Waals surface area contributed by atoms with Crippen molar-refractivity contribution in [1.82, 2.24) is 4.90 Å². The summed E-state index contributed by atoms with van der Waals surface area (Å²) in [5.41, 5.74) is 1.45. The minimum absolute atomic E-state index is 0.139. The third-order valence-electron chi connectivity index (χ3n) is 8.54. The number of nitrogens with zero attached hydrogens (tertiary/aromatic N) is 3. The molecule has 2 unspecified atom stereocenters.